The quantitative estimate of drug-likeness (QED) is 0.840. The maximum Gasteiger partial charge on any atom is 0.234 e. The van der Waals surface area contributed by atoms with Crippen LogP contribution in [0, 0.1) is 5.82 Å². The molecule has 0 saturated carbocycles. The zero-order chi connectivity index (χ0) is 15.6. The maximum atomic E-state index is 13.9. The van der Waals surface area contributed by atoms with Crippen LogP contribution < -0.4 is 5.32 Å². The first-order valence-electron chi connectivity index (χ1n) is 6.34. The fourth-order valence-corrected chi connectivity index (χ4v) is 2.25. The van der Waals surface area contributed by atoms with Crippen molar-refractivity contribution in [1.82, 2.24) is 0 Å². The zero-order valence-corrected chi connectivity index (χ0v) is 13.1. The summed E-state index contributed by atoms with van der Waals surface area (Å²) in [7, 11) is 0. The van der Waals surface area contributed by atoms with Gasteiger partial charge in [0.15, 0.2) is 0 Å². The second-order valence-electron chi connectivity index (χ2n) is 5.19. The Morgan fingerprint density at radius 2 is 1.76 bits per heavy atom. The summed E-state index contributed by atoms with van der Waals surface area (Å²) in [4.78, 5) is 12.4. The summed E-state index contributed by atoms with van der Waals surface area (Å²) in [6.45, 7) is 3.33. The van der Waals surface area contributed by atoms with E-state index in [9.17, 15) is 9.18 Å². The van der Waals surface area contributed by atoms with Gasteiger partial charge in [-0.15, -0.1) is 0 Å². The predicted octanol–water partition coefficient (Wildman–Crippen LogP) is 5.05. The van der Waals surface area contributed by atoms with Crippen molar-refractivity contribution in [3.05, 3.63) is 63.9 Å². The van der Waals surface area contributed by atoms with Gasteiger partial charge in [-0.25, -0.2) is 4.39 Å². The molecule has 5 heteroatoms. The summed E-state index contributed by atoms with van der Waals surface area (Å²) in [5.74, 6) is -0.738. The number of rotatable bonds is 3. The van der Waals surface area contributed by atoms with E-state index < -0.39 is 11.2 Å². The van der Waals surface area contributed by atoms with Gasteiger partial charge in [-0.1, -0.05) is 41.4 Å². The number of carbonyl (C=O) groups is 1. The number of hydrogen-bond acceptors (Lipinski definition) is 1. The molecule has 0 aliphatic rings. The SMILES string of the molecule is CC(C)(C(=O)Nc1ccc(Cl)c(Cl)c1)c1ccccc1F. The van der Waals surface area contributed by atoms with E-state index in [1.54, 1.807) is 50.2 Å². The molecule has 2 aromatic rings. The minimum atomic E-state index is -1.02. The molecule has 2 aromatic carbocycles. The Morgan fingerprint density at radius 1 is 1.10 bits per heavy atom. The molecule has 21 heavy (non-hydrogen) atoms. The highest BCUT2D eigenvalue weighted by Crippen LogP contribution is 2.29. The first-order valence-corrected chi connectivity index (χ1v) is 7.09. The molecule has 0 aliphatic heterocycles. The molecular formula is C16H14Cl2FNO. The van der Waals surface area contributed by atoms with Gasteiger partial charge in [-0.3, -0.25) is 4.79 Å². The third-order valence-corrected chi connectivity index (χ3v) is 4.03. The average Bonchev–Trinajstić information content (AvgIpc) is 2.43. The second kappa shape index (κ2) is 6.04. The van der Waals surface area contributed by atoms with Crippen LogP contribution in [0.25, 0.3) is 0 Å². The van der Waals surface area contributed by atoms with Gasteiger partial charge in [-0.2, -0.15) is 0 Å². The van der Waals surface area contributed by atoms with Crippen LogP contribution in [0.5, 0.6) is 0 Å². The van der Waals surface area contributed by atoms with Gasteiger partial charge >= 0.3 is 0 Å². The van der Waals surface area contributed by atoms with Crippen molar-refractivity contribution in [2.24, 2.45) is 0 Å². The second-order valence-corrected chi connectivity index (χ2v) is 6.00. The van der Waals surface area contributed by atoms with Crippen molar-refractivity contribution in [1.29, 1.82) is 0 Å². The molecule has 0 bridgehead atoms. The molecule has 0 aliphatic carbocycles. The molecule has 0 heterocycles. The Morgan fingerprint density at radius 3 is 2.38 bits per heavy atom. The number of hydrogen-bond donors (Lipinski definition) is 1. The third-order valence-electron chi connectivity index (χ3n) is 3.29. The predicted molar refractivity (Wildman–Crippen MR) is 84.5 cm³/mol. The third kappa shape index (κ3) is 3.36. The summed E-state index contributed by atoms with van der Waals surface area (Å²) in [6, 6.07) is 11.0. The molecule has 110 valence electrons. The van der Waals surface area contributed by atoms with Crippen molar-refractivity contribution in [3.63, 3.8) is 0 Å². The van der Waals surface area contributed by atoms with Gasteiger partial charge < -0.3 is 5.32 Å². The molecule has 0 saturated heterocycles. The van der Waals surface area contributed by atoms with Gasteiger partial charge in [-0.05, 0) is 38.1 Å². The highest BCUT2D eigenvalue weighted by atomic mass is 35.5. The lowest BCUT2D eigenvalue weighted by atomic mass is 9.83. The molecule has 0 aromatic heterocycles. The van der Waals surface area contributed by atoms with E-state index in [1.807, 2.05) is 0 Å². The molecule has 2 nitrogen and oxygen atoms in total. The van der Waals surface area contributed by atoms with Gasteiger partial charge in [0.2, 0.25) is 5.91 Å². The number of benzene rings is 2. The highest BCUT2D eigenvalue weighted by molar-refractivity contribution is 6.42. The largest absolute Gasteiger partial charge is 0.325 e. The molecule has 0 spiro atoms. The minimum absolute atomic E-state index is 0.328. The monoisotopic (exact) mass is 325 g/mol. The number of nitrogens with one attached hydrogen (secondary N) is 1. The van der Waals surface area contributed by atoms with Crippen molar-refractivity contribution in [2.75, 3.05) is 5.32 Å². The molecule has 1 amide bonds. The van der Waals surface area contributed by atoms with Gasteiger partial charge in [0.05, 0.1) is 15.5 Å². The van der Waals surface area contributed by atoms with E-state index in [2.05, 4.69) is 5.32 Å². The zero-order valence-electron chi connectivity index (χ0n) is 11.6. The normalized spacial score (nSPS) is 11.3. The molecule has 0 radical (unpaired) electrons. The maximum absolute atomic E-state index is 13.9. The fourth-order valence-electron chi connectivity index (χ4n) is 1.95. The molecule has 0 unspecified atom stereocenters. The molecule has 0 fully saturated rings. The van der Waals surface area contributed by atoms with E-state index in [0.29, 0.717) is 21.3 Å². The molecule has 1 N–H and O–H groups in total. The Bertz CT molecular complexity index is 686. The van der Waals surface area contributed by atoms with Crippen LogP contribution >= 0.6 is 23.2 Å². The van der Waals surface area contributed by atoms with Crippen LogP contribution in [0.3, 0.4) is 0 Å². The Kier molecular flexibility index (Phi) is 4.55. The van der Waals surface area contributed by atoms with Crippen LogP contribution in [-0.4, -0.2) is 5.91 Å². The number of halogens is 3. The average molecular weight is 326 g/mol. The Hall–Kier alpha value is -1.58. The van der Waals surface area contributed by atoms with Crippen molar-refractivity contribution >= 4 is 34.8 Å². The number of anilines is 1. The summed E-state index contributed by atoms with van der Waals surface area (Å²) in [6.07, 6.45) is 0. The van der Waals surface area contributed by atoms with Crippen molar-refractivity contribution in [2.45, 2.75) is 19.3 Å². The van der Waals surface area contributed by atoms with Crippen molar-refractivity contribution in [3.8, 4) is 0 Å². The van der Waals surface area contributed by atoms with Gasteiger partial charge in [0.25, 0.3) is 0 Å². The lowest BCUT2D eigenvalue weighted by molar-refractivity contribution is -0.120. The first-order chi connectivity index (χ1) is 9.82. The van der Waals surface area contributed by atoms with Crippen LogP contribution in [0.15, 0.2) is 42.5 Å². The molecule has 0 atom stereocenters. The van der Waals surface area contributed by atoms with Crippen LogP contribution in [0.2, 0.25) is 10.0 Å². The Balaban J connectivity index is 2.26. The first kappa shape index (κ1) is 15.8. The van der Waals surface area contributed by atoms with Gasteiger partial charge in [0, 0.05) is 11.3 Å². The van der Waals surface area contributed by atoms with E-state index >= 15 is 0 Å². The van der Waals surface area contributed by atoms with Crippen LogP contribution in [0.4, 0.5) is 10.1 Å². The summed E-state index contributed by atoms with van der Waals surface area (Å²) < 4.78 is 13.9. The standard InChI is InChI=1S/C16H14Cl2FNO/c1-16(2,11-5-3-4-6-14(11)19)15(21)20-10-7-8-12(17)13(18)9-10/h3-9H,1-2H3,(H,20,21). The lowest BCUT2D eigenvalue weighted by Gasteiger charge is -2.24. The smallest absolute Gasteiger partial charge is 0.234 e. The summed E-state index contributed by atoms with van der Waals surface area (Å²) in [5.41, 5.74) is -0.168. The lowest BCUT2D eigenvalue weighted by Crippen LogP contribution is -2.35. The fraction of sp³-hybridized carbons (Fsp3) is 0.188. The van der Waals surface area contributed by atoms with Crippen LogP contribution in [-0.2, 0) is 10.2 Å². The van der Waals surface area contributed by atoms with E-state index in [4.69, 9.17) is 23.2 Å². The Labute approximate surface area is 132 Å². The summed E-state index contributed by atoms with van der Waals surface area (Å²) >= 11 is 11.7. The van der Waals surface area contributed by atoms with Gasteiger partial charge in [0.1, 0.15) is 5.82 Å². The number of carbonyl (C=O) groups excluding carboxylic acids is 1. The molecular weight excluding hydrogens is 312 g/mol. The van der Waals surface area contributed by atoms with Crippen LogP contribution in [0.1, 0.15) is 19.4 Å². The van der Waals surface area contributed by atoms with E-state index in [-0.39, 0.29) is 5.91 Å². The summed E-state index contributed by atoms with van der Waals surface area (Å²) in [5, 5.41) is 3.48. The highest BCUT2D eigenvalue weighted by Gasteiger charge is 2.32. The van der Waals surface area contributed by atoms with E-state index in [0.717, 1.165) is 0 Å². The minimum Gasteiger partial charge on any atom is -0.325 e. The number of amides is 1. The molecule has 2 rings (SSSR count). The van der Waals surface area contributed by atoms with E-state index in [1.165, 1.54) is 6.07 Å². The van der Waals surface area contributed by atoms with Crippen molar-refractivity contribution < 1.29 is 9.18 Å². The topological polar surface area (TPSA) is 29.1 Å².